The summed E-state index contributed by atoms with van der Waals surface area (Å²) in [5, 5.41) is 10.5. The Kier molecular flexibility index (Phi) is 9.81. The maximum Gasteiger partial charge on any atom is 0.312 e. The molecule has 0 N–H and O–H groups in total. The van der Waals surface area contributed by atoms with Gasteiger partial charge in [0.15, 0.2) is 5.78 Å². The van der Waals surface area contributed by atoms with Crippen LogP contribution in [0.1, 0.15) is 84.8 Å². The highest BCUT2D eigenvalue weighted by atomic mass is 35.5. The Morgan fingerprint density at radius 3 is 2.40 bits per heavy atom. The molecule has 3 aliphatic carbocycles. The Morgan fingerprint density at radius 1 is 1.08 bits per heavy atom. The van der Waals surface area contributed by atoms with E-state index in [4.69, 9.17) is 30.5 Å². The van der Waals surface area contributed by atoms with E-state index in [1.807, 2.05) is 33.8 Å². The minimum atomic E-state index is -0.914. The standard InChI is InChI=1S/C38H46ClN3O8/c1-7-22-16-38(22,36(46)48-6)17-29(43)28-14-25(49-31-13-23(18-40)41-34-26(31)8-9-30(47-5)33(34)39)19-42(28)35(45)27(37(2,3)4)15-32(44)50-24-11-20-10-21(20)12-24/h8-9,13,20-22,24-25,27-28H,7,10-12,14-17,19H2,1-6H3/t20-,21+,22-,24?,25-,27-,28+,38-/m1/s1. The van der Waals surface area contributed by atoms with Crippen molar-refractivity contribution in [2.24, 2.45) is 34.5 Å². The van der Waals surface area contributed by atoms with Gasteiger partial charge in [0.25, 0.3) is 0 Å². The van der Waals surface area contributed by atoms with Gasteiger partial charge < -0.3 is 23.8 Å². The molecule has 1 unspecified atom stereocenters. The van der Waals surface area contributed by atoms with E-state index in [1.165, 1.54) is 31.6 Å². The van der Waals surface area contributed by atoms with Crippen LogP contribution in [0, 0.1) is 45.8 Å². The molecule has 4 aliphatic rings. The van der Waals surface area contributed by atoms with Crippen LogP contribution in [0.3, 0.4) is 0 Å². The van der Waals surface area contributed by atoms with Gasteiger partial charge in [-0.05, 0) is 61.0 Å². The van der Waals surface area contributed by atoms with E-state index in [-0.39, 0.29) is 60.2 Å². The second kappa shape index (κ2) is 13.7. The first kappa shape index (κ1) is 35.9. The fraction of sp³-hybridized carbons (Fsp3) is 0.632. The zero-order chi connectivity index (χ0) is 36.1. The highest BCUT2D eigenvalue weighted by Crippen LogP contribution is 2.58. The number of ketones is 1. The topological polar surface area (TPSA) is 145 Å². The van der Waals surface area contributed by atoms with Crippen molar-refractivity contribution in [3.05, 3.63) is 28.9 Å². The number of aromatic nitrogens is 1. The lowest BCUT2D eigenvalue weighted by atomic mass is 9.77. The van der Waals surface area contributed by atoms with Gasteiger partial charge in [0.05, 0.1) is 50.1 Å². The summed E-state index contributed by atoms with van der Waals surface area (Å²) in [7, 11) is 2.81. The summed E-state index contributed by atoms with van der Waals surface area (Å²) in [6.07, 6.45) is 3.45. The highest BCUT2D eigenvalue weighted by Gasteiger charge is 2.62. The molecule has 0 radical (unpaired) electrons. The number of halogens is 1. The number of hydrogen-bond acceptors (Lipinski definition) is 10. The van der Waals surface area contributed by atoms with Crippen molar-refractivity contribution >= 4 is 46.1 Å². The molecule has 12 heteroatoms. The summed E-state index contributed by atoms with van der Waals surface area (Å²) in [5.74, 6) is -0.163. The van der Waals surface area contributed by atoms with E-state index in [9.17, 15) is 24.4 Å². The Labute approximate surface area is 297 Å². The van der Waals surface area contributed by atoms with E-state index >= 15 is 0 Å². The van der Waals surface area contributed by atoms with Crippen molar-refractivity contribution in [3.8, 4) is 17.6 Å². The quantitative estimate of drug-likeness (QED) is 0.239. The van der Waals surface area contributed by atoms with Gasteiger partial charge in [0, 0.05) is 24.3 Å². The summed E-state index contributed by atoms with van der Waals surface area (Å²) in [6, 6.07) is 6.06. The molecule has 4 fully saturated rings. The maximum atomic E-state index is 14.6. The number of carbonyl (C=O) groups is 4. The molecule has 1 amide bonds. The number of hydrogen-bond donors (Lipinski definition) is 0. The number of amides is 1. The van der Waals surface area contributed by atoms with Crippen molar-refractivity contribution in [2.45, 2.75) is 97.3 Å². The third kappa shape index (κ3) is 6.88. The van der Waals surface area contributed by atoms with Gasteiger partial charge in [-0.1, -0.05) is 45.7 Å². The highest BCUT2D eigenvalue weighted by molar-refractivity contribution is 6.36. The average molecular weight is 708 g/mol. The number of methoxy groups -OCH3 is 2. The summed E-state index contributed by atoms with van der Waals surface area (Å²) < 4.78 is 22.8. The Balaban J connectivity index is 1.29. The van der Waals surface area contributed by atoms with Crippen LogP contribution in [0.2, 0.25) is 5.02 Å². The van der Waals surface area contributed by atoms with Gasteiger partial charge in [-0.15, -0.1) is 0 Å². The molecule has 0 spiro atoms. The Bertz CT molecular complexity index is 1740. The molecule has 0 bridgehead atoms. The first-order chi connectivity index (χ1) is 23.7. The van der Waals surface area contributed by atoms with E-state index in [2.05, 4.69) is 4.98 Å². The van der Waals surface area contributed by atoms with E-state index in [1.54, 1.807) is 12.1 Å². The number of rotatable bonds is 12. The van der Waals surface area contributed by atoms with Crippen LogP contribution in [-0.2, 0) is 28.7 Å². The number of Topliss-reactive ketones (excluding diaryl/α,β-unsaturated/α-hetero) is 1. The molecule has 1 saturated heterocycles. The molecule has 1 aliphatic heterocycles. The van der Waals surface area contributed by atoms with E-state index in [0.717, 1.165) is 19.3 Å². The van der Waals surface area contributed by atoms with Gasteiger partial charge in [-0.25, -0.2) is 4.98 Å². The minimum Gasteiger partial charge on any atom is -0.495 e. The fourth-order valence-electron chi connectivity index (χ4n) is 8.34. The average Bonchev–Trinajstić information content (AvgIpc) is 3.89. The molecule has 1 aromatic carbocycles. The number of pyridine rings is 1. The second-order valence-corrected chi connectivity index (χ2v) is 16.0. The number of nitrogens with zero attached hydrogens (tertiary/aromatic N) is 3. The number of ether oxygens (including phenoxy) is 4. The summed E-state index contributed by atoms with van der Waals surface area (Å²) >= 11 is 6.57. The third-order valence-electron chi connectivity index (χ3n) is 11.4. The molecule has 268 valence electrons. The second-order valence-electron chi connectivity index (χ2n) is 15.6. The van der Waals surface area contributed by atoms with Gasteiger partial charge in [-0.3, -0.25) is 19.2 Å². The molecule has 6 rings (SSSR count). The first-order valence-electron chi connectivity index (χ1n) is 17.6. The predicted molar refractivity (Wildman–Crippen MR) is 183 cm³/mol. The molecule has 2 aromatic rings. The Hall–Kier alpha value is -3.91. The largest absolute Gasteiger partial charge is 0.495 e. The normalized spacial score (nSPS) is 28.7. The number of likely N-dealkylation sites (tertiary alicyclic amines) is 1. The molecule has 2 heterocycles. The van der Waals surface area contributed by atoms with Crippen molar-refractivity contribution < 1.29 is 38.1 Å². The third-order valence-corrected chi connectivity index (χ3v) is 11.8. The first-order valence-corrected chi connectivity index (χ1v) is 18.0. The van der Waals surface area contributed by atoms with E-state index < -0.39 is 40.8 Å². The lowest BCUT2D eigenvalue weighted by molar-refractivity contribution is -0.157. The number of carbonyl (C=O) groups excluding carboxylic acids is 4. The van der Waals surface area contributed by atoms with Crippen LogP contribution in [-0.4, -0.2) is 72.5 Å². The molecule has 3 saturated carbocycles. The summed E-state index contributed by atoms with van der Waals surface area (Å²) in [6.45, 7) is 7.75. The Morgan fingerprint density at radius 2 is 1.80 bits per heavy atom. The molecular formula is C38H46ClN3O8. The molecular weight excluding hydrogens is 662 g/mol. The van der Waals surface area contributed by atoms with Crippen molar-refractivity contribution in [1.82, 2.24) is 9.88 Å². The van der Waals surface area contributed by atoms with E-state index in [0.29, 0.717) is 40.7 Å². The predicted octanol–water partition coefficient (Wildman–Crippen LogP) is 6.06. The lowest BCUT2D eigenvalue weighted by Gasteiger charge is -2.35. The number of benzene rings is 1. The van der Waals surface area contributed by atoms with Crippen molar-refractivity contribution in [2.75, 3.05) is 20.8 Å². The molecule has 8 atom stereocenters. The summed E-state index contributed by atoms with van der Waals surface area (Å²) in [4.78, 5) is 60.9. The number of fused-ring (bicyclic) bond motifs is 2. The maximum absolute atomic E-state index is 14.6. The van der Waals surface area contributed by atoms with Gasteiger partial charge >= 0.3 is 11.9 Å². The zero-order valence-electron chi connectivity index (χ0n) is 29.6. The van der Waals surface area contributed by atoms with Crippen LogP contribution in [0.15, 0.2) is 18.2 Å². The monoisotopic (exact) mass is 707 g/mol. The van der Waals surface area contributed by atoms with Crippen LogP contribution < -0.4 is 9.47 Å². The minimum absolute atomic E-state index is 0.0181. The van der Waals surface area contributed by atoms with Gasteiger partial charge in [0.2, 0.25) is 5.91 Å². The van der Waals surface area contributed by atoms with Crippen LogP contribution >= 0.6 is 11.6 Å². The lowest BCUT2D eigenvalue weighted by Crippen LogP contribution is -2.48. The van der Waals surface area contributed by atoms with Crippen molar-refractivity contribution in [1.29, 1.82) is 5.26 Å². The smallest absolute Gasteiger partial charge is 0.312 e. The number of esters is 2. The molecule has 1 aromatic heterocycles. The fourth-order valence-corrected chi connectivity index (χ4v) is 8.62. The van der Waals surface area contributed by atoms with Gasteiger partial charge in [0.1, 0.15) is 40.5 Å². The van der Waals surface area contributed by atoms with Crippen molar-refractivity contribution in [3.63, 3.8) is 0 Å². The van der Waals surface area contributed by atoms with Crippen LogP contribution in [0.5, 0.6) is 11.5 Å². The van der Waals surface area contributed by atoms with Gasteiger partial charge in [-0.2, -0.15) is 5.26 Å². The number of nitriles is 1. The van der Waals surface area contributed by atoms with Crippen LogP contribution in [0.4, 0.5) is 0 Å². The summed E-state index contributed by atoms with van der Waals surface area (Å²) in [5.41, 5.74) is -1.14. The SMILES string of the molecule is CC[C@@H]1C[C@]1(CC(=O)[C@@H]1C[C@@H](Oc2cc(C#N)nc3c(Cl)c(OC)ccc23)CN1C(=O)[C@@H](CC(=O)OC1C[C@@H]2C[C@@H]2C1)C(C)(C)C)C(=O)OC. The molecule has 50 heavy (non-hydrogen) atoms. The van der Waals surface area contributed by atoms with Crippen LogP contribution in [0.25, 0.3) is 10.9 Å². The zero-order valence-corrected chi connectivity index (χ0v) is 30.4. The molecule has 11 nitrogen and oxygen atoms in total.